The summed E-state index contributed by atoms with van der Waals surface area (Å²) in [6.45, 7) is 1.81. The first-order valence-electron chi connectivity index (χ1n) is 22.1. The fourth-order valence-corrected chi connectivity index (χ4v) is 9.81. The first kappa shape index (κ1) is 49.7. The molecule has 0 radical (unpaired) electrons. The van der Waals surface area contributed by atoms with Gasteiger partial charge in [-0.15, -0.1) is 0 Å². The average molecular weight is 980 g/mol. The first-order chi connectivity index (χ1) is 33.0. The van der Waals surface area contributed by atoms with Crippen LogP contribution in [0.2, 0.25) is 0 Å². The molecule has 1 atom stereocenters. The van der Waals surface area contributed by atoms with E-state index in [9.17, 15) is 13.0 Å². The van der Waals surface area contributed by atoms with E-state index in [1.165, 1.54) is 6.92 Å². The second-order valence-electron chi connectivity index (χ2n) is 16.3. The van der Waals surface area contributed by atoms with Gasteiger partial charge in [-0.1, -0.05) is 48.2 Å². The number of anilines is 8. The van der Waals surface area contributed by atoms with E-state index in [1.54, 1.807) is 40.2 Å². The molecule has 0 aromatic heterocycles. The molecule has 344 valence electrons. The van der Waals surface area contributed by atoms with Gasteiger partial charge in [-0.2, -0.15) is 0 Å². The minimum Gasteiger partial charge on any atom is -0.748 e. The molecule has 0 amide bonds. The number of fused-ring (bicyclic) bond motifs is 2. The predicted octanol–water partition coefficient (Wildman–Crippen LogP) is 10.9. The fraction of sp³-hybridized carbons (Fsp3) is 0.143. The quantitative estimate of drug-likeness (QED) is 0.0683. The molecular weight excluding hydrogens is 930 g/mol. The second-order valence-corrected chi connectivity index (χ2v) is 19.1. The molecule has 1 aliphatic rings. The van der Waals surface area contributed by atoms with Crippen LogP contribution in [0.4, 0.5) is 45.5 Å². The molecule has 1 aliphatic heterocycles. The number of rotatable bonds is 16. The molecule has 0 bridgehead atoms. The van der Waals surface area contributed by atoms with Gasteiger partial charge in [-0.3, -0.25) is 0 Å². The Morgan fingerprint density at radius 3 is 1.01 bits per heavy atom. The van der Waals surface area contributed by atoms with Crippen LogP contribution in [-0.4, -0.2) is 53.2 Å². The number of hydrogen-bond donors (Lipinski definition) is 0. The molecule has 0 fully saturated rings. The van der Waals surface area contributed by atoms with Crippen LogP contribution in [-0.2, 0) is 10.1 Å². The molecule has 69 heavy (non-hydrogen) atoms. The Bertz CT molecular complexity index is 2830. The minimum atomic E-state index is -4.49. The number of ether oxygens (including phenoxy) is 4. The van der Waals surface area contributed by atoms with E-state index in [0.717, 1.165) is 101 Å². The maximum absolute atomic E-state index is 12.2. The van der Waals surface area contributed by atoms with E-state index < -0.39 is 15.4 Å². The molecule has 1 unspecified atom stereocenters. The molecule has 8 aromatic carbocycles. The molecule has 8 aromatic rings. The van der Waals surface area contributed by atoms with Crippen LogP contribution in [0.25, 0.3) is 22.3 Å². The monoisotopic (exact) mass is 979 g/mol. The van der Waals surface area contributed by atoms with Gasteiger partial charge in [0.1, 0.15) is 23.0 Å². The number of benzene rings is 8. The van der Waals surface area contributed by atoms with Crippen molar-refractivity contribution >= 4 is 67.4 Å². The Kier molecular flexibility index (Phi) is 15.8. The van der Waals surface area contributed by atoms with E-state index in [-0.39, 0.29) is 57.8 Å². The number of nitrogens with zero attached hydrogens (tertiary/aromatic N) is 3. The van der Waals surface area contributed by atoms with Crippen LogP contribution in [0.3, 0.4) is 0 Å². The van der Waals surface area contributed by atoms with Crippen molar-refractivity contribution in [1.82, 2.24) is 0 Å². The molecule has 0 saturated carbocycles. The summed E-state index contributed by atoms with van der Waals surface area (Å²) < 4.78 is 58.4. The molecular formula is C56H50KN3O7S2. The van der Waals surface area contributed by atoms with Crippen molar-refractivity contribution in [2.75, 3.05) is 49.7 Å². The van der Waals surface area contributed by atoms with Gasteiger partial charge in [0.05, 0.1) is 49.9 Å². The normalized spacial score (nSPS) is 12.2. The van der Waals surface area contributed by atoms with Crippen molar-refractivity contribution < 1.29 is 83.3 Å². The summed E-state index contributed by atoms with van der Waals surface area (Å²) in [5.41, 5.74) is 11.7. The Morgan fingerprint density at radius 2 is 0.739 bits per heavy atom. The van der Waals surface area contributed by atoms with Gasteiger partial charge in [-0.25, -0.2) is 8.42 Å². The summed E-state index contributed by atoms with van der Waals surface area (Å²) in [7, 11) is 2.14. The van der Waals surface area contributed by atoms with Crippen LogP contribution < -0.4 is 85.0 Å². The van der Waals surface area contributed by atoms with Crippen LogP contribution in [0, 0.1) is 0 Å². The van der Waals surface area contributed by atoms with Gasteiger partial charge in [0.25, 0.3) is 0 Å². The molecule has 1 heterocycles. The zero-order valence-electron chi connectivity index (χ0n) is 39.3. The van der Waals surface area contributed by atoms with Gasteiger partial charge in [-0.05, 0) is 181 Å². The van der Waals surface area contributed by atoms with Crippen LogP contribution in [0.5, 0.6) is 23.0 Å². The van der Waals surface area contributed by atoms with Gasteiger partial charge in [0.15, 0.2) is 0 Å². The summed E-state index contributed by atoms with van der Waals surface area (Å²) in [4.78, 5) is 8.60. The zero-order chi connectivity index (χ0) is 47.4. The smallest absolute Gasteiger partial charge is 0.748 e. The predicted molar refractivity (Wildman–Crippen MR) is 274 cm³/mol. The maximum Gasteiger partial charge on any atom is 1.00 e. The Morgan fingerprint density at radius 1 is 0.464 bits per heavy atom. The van der Waals surface area contributed by atoms with E-state index in [2.05, 4.69) is 99.6 Å². The van der Waals surface area contributed by atoms with Crippen molar-refractivity contribution in [3.8, 4) is 45.3 Å². The largest absolute Gasteiger partial charge is 1.00 e. The number of methoxy groups -OCH3 is 4. The van der Waals surface area contributed by atoms with Gasteiger partial charge in [0, 0.05) is 55.7 Å². The maximum atomic E-state index is 12.2. The van der Waals surface area contributed by atoms with Crippen molar-refractivity contribution in [2.45, 2.75) is 28.4 Å². The van der Waals surface area contributed by atoms with Crippen LogP contribution in [0.15, 0.2) is 192 Å². The summed E-state index contributed by atoms with van der Waals surface area (Å²) in [5, 5.41) is -1.06. The van der Waals surface area contributed by atoms with E-state index in [1.807, 2.05) is 97.1 Å². The Labute approximate surface area is 451 Å². The Hall–Kier alpha value is -5.74. The zero-order valence-corrected chi connectivity index (χ0v) is 44.1. The third-order valence-electron chi connectivity index (χ3n) is 12.2. The number of hydrogen-bond acceptors (Lipinski definition) is 11. The Balaban J connectivity index is 0.00000642. The third kappa shape index (κ3) is 11.0. The van der Waals surface area contributed by atoms with E-state index in [4.69, 9.17) is 18.9 Å². The summed E-state index contributed by atoms with van der Waals surface area (Å²) >= 11 is 1.68. The molecule has 0 spiro atoms. The van der Waals surface area contributed by atoms with E-state index in [0.29, 0.717) is 6.54 Å². The van der Waals surface area contributed by atoms with Crippen molar-refractivity contribution in [3.05, 3.63) is 182 Å². The summed E-state index contributed by atoms with van der Waals surface area (Å²) in [6.07, 6.45) is 0.159. The summed E-state index contributed by atoms with van der Waals surface area (Å²) in [6, 6.07) is 61.6. The van der Waals surface area contributed by atoms with Crippen molar-refractivity contribution in [3.63, 3.8) is 0 Å². The van der Waals surface area contributed by atoms with Crippen molar-refractivity contribution in [1.29, 1.82) is 0 Å². The molecule has 0 N–H and O–H groups in total. The fourth-order valence-electron chi connectivity index (χ4n) is 8.36. The average Bonchev–Trinajstić information content (AvgIpc) is 3.38. The molecule has 0 saturated heterocycles. The standard InChI is InChI=1S/C56H51N3O7S2.K/c1-38(68(60,61)62)34-35-57-53-36-41(39-6-12-43(13-7-39)58(45-16-24-49(63-2)25-17-45)46-18-26-50(64-3)27-19-46)10-32-55(53)67-56-33-11-42(37-54(56)57)40-8-14-44(15-9-40)59(47-20-28-51(65-4)29-21-47)48-22-30-52(66-5)31-23-48;/h6-33,36-38H,34-35H2,1-5H3,(H,60,61,62);/q;+1/p-1. The van der Waals surface area contributed by atoms with Crippen LogP contribution >= 0.6 is 11.8 Å². The molecule has 13 heteroatoms. The second kappa shape index (κ2) is 21.9. The van der Waals surface area contributed by atoms with Gasteiger partial charge < -0.3 is 38.2 Å². The van der Waals surface area contributed by atoms with Crippen LogP contribution in [0.1, 0.15) is 13.3 Å². The minimum absolute atomic E-state index is 0. The van der Waals surface area contributed by atoms with E-state index >= 15 is 0 Å². The summed E-state index contributed by atoms with van der Waals surface area (Å²) in [5.74, 6) is 3.09. The molecule has 10 nitrogen and oxygen atoms in total. The van der Waals surface area contributed by atoms with Crippen molar-refractivity contribution in [2.24, 2.45) is 0 Å². The topological polar surface area (TPSA) is 104 Å². The SMILES string of the molecule is COc1ccc(N(c2ccc(OC)cc2)c2ccc(-c3ccc4c(c3)N(CCC(C)S(=O)(=O)[O-])c3cc(-c5ccc(N(c6ccc(OC)cc6)c6ccc(OC)cc6)cc5)ccc3S4)cc2)cc1.[K+]. The first-order valence-corrected chi connectivity index (χ1v) is 24.4. The third-order valence-corrected chi connectivity index (χ3v) is 14.6. The van der Waals surface area contributed by atoms with Gasteiger partial charge >= 0.3 is 51.4 Å². The van der Waals surface area contributed by atoms with Gasteiger partial charge in [0.2, 0.25) is 0 Å². The molecule has 0 aliphatic carbocycles. The molecule has 9 rings (SSSR count).